The van der Waals surface area contributed by atoms with Gasteiger partial charge in [0.15, 0.2) is 11.0 Å². The number of benzene rings is 2. The van der Waals surface area contributed by atoms with Crippen LogP contribution in [0.15, 0.2) is 41.6 Å². The molecule has 0 radical (unpaired) electrons. The number of amides is 1. The lowest BCUT2D eigenvalue weighted by atomic mass is 10.1. The second-order valence-electron chi connectivity index (χ2n) is 7.38. The standard InChI is InChI=1S/C22H24F2N4O2S/c1-13(2)28-20(11-30-19-9-14(3)5-6-15(19)4)26-27-22(28)31-12-21(29)25-18-10-16(23)7-8-17(18)24/h5-10,13H,11-12H2,1-4H3,(H,25,29). The molecular weight excluding hydrogens is 422 g/mol. The minimum Gasteiger partial charge on any atom is -0.485 e. The second-order valence-corrected chi connectivity index (χ2v) is 8.32. The Labute approximate surface area is 184 Å². The number of rotatable bonds is 8. The highest BCUT2D eigenvalue weighted by Gasteiger charge is 2.18. The zero-order chi connectivity index (χ0) is 22.5. The van der Waals surface area contributed by atoms with Gasteiger partial charge >= 0.3 is 0 Å². The highest BCUT2D eigenvalue weighted by molar-refractivity contribution is 7.99. The van der Waals surface area contributed by atoms with Crippen LogP contribution in [0.3, 0.4) is 0 Å². The van der Waals surface area contributed by atoms with Gasteiger partial charge in [0.1, 0.15) is 24.0 Å². The van der Waals surface area contributed by atoms with Crippen LogP contribution in [0.4, 0.5) is 14.5 Å². The Morgan fingerprint density at radius 1 is 1.16 bits per heavy atom. The molecule has 0 unspecified atom stereocenters. The number of thioether (sulfide) groups is 1. The van der Waals surface area contributed by atoms with E-state index in [1.165, 1.54) is 11.8 Å². The molecule has 0 aliphatic carbocycles. The number of ether oxygens (including phenoxy) is 1. The van der Waals surface area contributed by atoms with Crippen LogP contribution in [-0.2, 0) is 11.4 Å². The molecule has 1 amide bonds. The summed E-state index contributed by atoms with van der Waals surface area (Å²) in [4.78, 5) is 12.2. The average Bonchev–Trinajstić information content (AvgIpc) is 3.13. The molecule has 164 valence electrons. The quantitative estimate of drug-likeness (QED) is 0.490. The number of carbonyl (C=O) groups excluding carboxylic acids is 1. The van der Waals surface area contributed by atoms with Crippen molar-refractivity contribution in [1.29, 1.82) is 0 Å². The Hall–Kier alpha value is -2.94. The minimum absolute atomic E-state index is 0.0291. The Morgan fingerprint density at radius 3 is 2.68 bits per heavy atom. The van der Waals surface area contributed by atoms with E-state index in [2.05, 4.69) is 15.5 Å². The predicted octanol–water partition coefficient (Wildman–Crippen LogP) is 5.06. The van der Waals surface area contributed by atoms with Crippen LogP contribution in [0.25, 0.3) is 0 Å². The van der Waals surface area contributed by atoms with E-state index in [0.717, 1.165) is 35.1 Å². The Kier molecular flexibility index (Phi) is 7.27. The third-order valence-electron chi connectivity index (χ3n) is 4.49. The number of nitrogens with zero attached hydrogens (tertiary/aromatic N) is 3. The van der Waals surface area contributed by atoms with Crippen molar-refractivity contribution in [3.05, 3.63) is 65.0 Å². The number of aromatic nitrogens is 3. The summed E-state index contributed by atoms with van der Waals surface area (Å²) in [6.07, 6.45) is 0. The van der Waals surface area contributed by atoms with Crippen molar-refractivity contribution in [3.8, 4) is 5.75 Å². The molecule has 0 atom stereocenters. The van der Waals surface area contributed by atoms with E-state index in [1.807, 2.05) is 50.5 Å². The van der Waals surface area contributed by atoms with Gasteiger partial charge in [-0.3, -0.25) is 4.79 Å². The molecule has 3 aromatic rings. The SMILES string of the molecule is Cc1ccc(C)c(OCc2nnc(SCC(=O)Nc3cc(F)ccc3F)n2C(C)C)c1. The van der Waals surface area contributed by atoms with E-state index in [4.69, 9.17) is 4.74 Å². The summed E-state index contributed by atoms with van der Waals surface area (Å²) in [5.41, 5.74) is 1.93. The van der Waals surface area contributed by atoms with E-state index < -0.39 is 17.5 Å². The first-order valence-electron chi connectivity index (χ1n) is 9.76. The number of carbonyl (C=O) groups is 1. The third-order valence-corrected chi connectivity index (χ3v) is 5.43. The fourth-order valence-corrected chi connectivity index (χ4v) is 3.82. The first-order chi connectivity index (χ1) is 14.7. The molecule has 6 nitrogen and oxygen atoms in total. The molecule has 0 spiro atoms. The molecule has 2 aromatic carbocycles. The average molecular weight is 447 g/mol. The molecule has 3 rings (SSSR count). The molecule has 0 bridgehead atoms. The number of hydrogen-bond donors (Lipinski definition) is 1. The van der Waals surface area contributed by atoms with E-state index in [0.29, 0.717) is 11.0 Å². The van der Waals surface area contributed by atoms with Crippen molar-refractivity contribution in [1.82, 2.24) is 14.8 Å². The molecule has 31 heavy (non-hydrogen) atoms. The van der Waals surface area contributed by atoms with Gasteiger partial charge in [0.25, 0.3) is 0 Å². The maximum absolute atomic E-state index is 13.7. The van der Waals surface area contributed by atoms with E-state index in [1.54, 1.807) is 0 Å². The summed E-state index contributed by atoms with van der Waals surface area (Å²) in [5.74, 6) is -0.410. The van der Waals surface area contributed by atoms with Gasteiger partial charge in [-0.05, 0) is 57.0 Å². The van der Waals surface area contributed by atoms with Crippen molar-refractivity contribution in [2.24, 2.45) is 0 Å². The van der Waals surface area contributed by atoms with Crippen LogP contribution in [0.5, 0.6) is 5.75 Å². The highest BCUT2D eigenvalue weighted by atomic mass is 32.2. The molecule has 0 aliphatic heterocycles. The smallest absolute Gasteiger partial charge is 0.234 e. The van der Waals surface area contributed by atoms with Gasteiger partial charge in [-0.1, -0.05) is 23.9 Å². The Morgan fingerprint density at radius 2 is 1.94 bits per heavy atom. The van der Waals surface area contributed by atoms with Gasteiger partial charge in [0.2, 0.25) is 5.91 Å². The summed E-state index contributed by atoms with van der Waals surface area (Å²) < 4.78 is 34.8. The van der Waals surface area contributed by atoms with E-state index >= 15 is 0 Å². The Balaban J connectivity index is 1.66. The predicted molar refractivity (Wildman–Crippen MR) is 116 cm³/mol. The normalized spacial score (nSPS) is 11.1. The molecular formula is C22H24F2N4O2S. The van der Waals surface area contributed by atoms with Crippen LogP contribution in [0.2, 0.25) is 0 Å². The van der Waals surface area contributed by atoms with Crippen molar-refractivity contribution < 1.29 is 18.3 Å². The van der Waals surface area contributed by atoms with Crippen LogP contribution < -0.4 is 10.1 Å². The van der Waals surface area contributed by atoms with Gasteiger partial charge in [-0.15, -0.1) is 10.2 Å². The van der Waals surface area contributed by atoms with Crippen molar-refractivity contribution >= 4 is 23.4 Å². The first kappa shape index (κ1) is 22.7. The number of halogens is 2. The third kappa shape index (κ3) is 5.81. The molecule has 0 saturated heterocycles. The molecule has 0 fully saturated rings. The maximum atomic E-state index is 13.7. The monoisotopic (exact) mass is 446 g/mol. The Bertz CT molecular complexity index is 1090. The summed E-state index contributed by atoms with van der Waals surface area (Å²) in [5, 5.41) is 11.3. The van der Waals surface area contributed by atoms with Gasteiger partial charge in [-0.25, -0.2) is 8.78 Å². The fraction of sp³-hybridized carbons (Fsp3) is 0.318. The topological polar surface area (TPSA) is 69.0 Å². The van der Waals surface area contributed by atoms with Gasteiger partial charge in [-0.2, -0.15) is 0 Å². The minimum atomic E-state index is -0.698. The van der Waals surface area contributed by atoms with E-state index in [9.17, 15) is 13.6 Å². The van der Waals surface area contributed by atoms with Crippen molar-refractivity contribution in [2.75, 3.05) is 11.1 Å². The summed E-state index contributed by atoms with van der Waals surface area (Å²) in [6.45, 7) is 8.17. The van der Waals surface area contributed by atoms with E-state index in [-0.39, 0.29) is 24.1 Å². The molecule has 1 heterocycles. The number of anilines is 1. The van der Waals surface area contributed by atoms with Crippen LogP contribution in [-0.4, -0.2) is 26.4 Å². The summed E-state index contributed by atoms with van der Waals surface area (Å²) in [6, 6.07) is 8.93. The number of hydrogen-bond acceptors (Lipinski definition) is 5. The molecule has 0 aliphatic rings. The van der Waals surface area contributed by atoms with Gasteiger partial charge in [0, 0.05) is 12.1 Å². The van der Waals surface area contributed by atoms with Crippen LogP contribution in [0, 0.1) is 25.5 Å². The number of aryl methyl sites for hydroxylation is 2. The zero-order valence-electron chi connectivity index (χ0n) is 17.8. The fourth-order valence-electron chi connectivity index (χ4n) is 2.94. The first-order valence-corrected chi connectivity index (χ1v) is 10.7. The van der Waals surface area contributed by atoms with Gasteiger partial charge < -0.3 is 14.6 Å². The van der Waals surface area contributed by atoms with Gasteiger partial charge in [0.05, 0.1) is 11.4 Å². The lowest BCUT2D eigenvalue weighted by molar-refractivity contribution is -0.113. The van der Waals surface area contributed by atoms with Crippen molar-refractivity contribution in [2.45, 2.75) is 45.5 Å². The lowest BCUT2D eigenvalue weighted by Crippen LogP contribution is -2.16. The number of nitrogens with one attached hydrogen (secondary N) is 1. The second kappa shape index (κ2) is 9.91. The summed E-state index contributed by atoms with van der Waals surface area (Å²) >= 11 is 1.17. The molecule has 1 aromatic heterocycles. The largest absolute Gasteiger partial charge is 0.485 e. The zero-order valence-corrected chi connectivity index (χ0v) is 18.6. The maximum Gasteiger partial charge on any atom is 0.234 e. The van der Waals surface area contributed by atoms with Crippen molar-refractivity contribution in [3.63, 3.8) is 0 Å². The van der Waals surface area contributed by atoms with Crippen LogP contribution >= 0.6 is 11.8 Å². The molecule has 9 heteroatoms. The molecule has 1 N–H and O–H groups in total. The highest BCUT2D eigenvalue weighted by Crippen LogP contribution is 2.25. The van der Waals surface area contributed by atoms with Crippen LogP contribution in [0.1, 0.15) is 36.8 Å². The molecule has 0 saturated carbocycles. The summed E-state index contributed by atoms with van der Waals surface area (Å²) in [7, 11) is 0. The lowest BCUT2D eigenvalue weighted by Gasteiger charge is -2.15.